The molecule has 0 bridgehead atoms. The Kier molecular flexibility index (Phi) is 9.53. The Bertz CT molecular complexity index is 2070. The number of aliphatic hydroxyl groups excluding tert-OH is 1. The number of benzene rings is 4. The number of aliphatic hydroxyl groups is 1. The Hall–Kier alpha value is -5.21. The molecule has 0 saturated carbocycles. The molecule has 274 valence electrons. The van der Waals surface area contributed by atoms with E-state index in [0.717, 1.165) is 17.5 Å². The standard InChI is InChI=1S/C40H42N4O8Si/c1-26-38(53(2,3)51)36(21-37(47)41-23-29-12-8-7-11-28(29)19-33(41)24-45)52-40(26)34-20-32(44(49)50)16-17-35(34)42(39(40)48)22-27-10-9-15-31(18-27)43(25-46)30-13-5-4-6-14-30/h4-18,20,25-26,33,36,38,45,51H,19,21-24H2,1-3H3/t26-,33-,36+,38-,40+/m0/s1. The van der Waals surface area contributed by atoms with Crippen molar-refractivity contribution in [3.8, 4) is 0 Å². The first kappa shape index (κ1) is 36.2. The number of nitro benzene ring substituents is 1. The largest absolute Gasteiger partial charge is 0.432 e. The summed E-state index contributed by atoms with van der Waals surface area (Å²) in [4.78, 5) is 69.4. The van der Waals surface area contributed by atoms with Crippen LogP contribution in [-0.2, 0) is 44.2 Å². The smallest absolute Gasteiger partial charge is 0.269 e. The van der Waals surface area contributed by atoms with E-state index < -0.39 is 48.4 Å². The number of anilines is 3. The van der Waals surface area contributed by atoms with Gasteiger partial charge in [-0.2, -0.15) is 0 Å². The average molecular weight is 735 g/mol. The van der Waals surface area contributed by atoms with Crippen LogP contribution in [0.1, 0.15) is 35.6 Å². The second-order valence-electron chi connectivity index (χ2n) is 14.7. The van der Waals surface area contributed by atoms with Crippen molar-refractivity contribution in [1.29, 1.82) is 0 Å². The van der Waals surface area contributed by atoms with Crippen LogP contribution >= 0.6 is 0 Å². The number of amides is 3. The van der Waals surface area contributed by atoms with Crippen LogP contribution in [0.15, 0.2) is 97.1 Å². The van der Waals surface area contributed by atoms with E-state index >= 15 is 0 Å². The number of nitro groups is 1. The maximum absolute atomic E-state index is 15.0. The van der Waals surface area contributed by atoms with Crippen molar-refractivity contribution in [2.75, 3.05) is 16.4 Å². The lowest BCUT2D eigenvalue weighted by Gasteiger charge is -2.37. The summed E-state index contributed by atoms with van der Waals surface area (Å²) < 4.78 is 6.84. The van der Waals surface area contributed by atoms with Crippen LogP contribution in [0.25, 0.3) is 0 Å². The number of hydrogen-bond acceptors (Lipinski definition) is 8. The van der Waals surface area contributed by atoms with Gasteiger partial charge in [0.15, 0.2) is 13.9 Å². The molecule has 53 heavy (non-hydrogen) atoms. The Morgan fingerprint density at radius 2 is 1.72 bits per heavy atom. The first-order valence-electron chi connectivity index (χ1n) is 17.7. The first-order chi connectivity index (χ1) is 25.4. The molecule has 4 aromatic carbocycles. The van der Waals surface area contributed by atoms with Crippen LogP contribution in [0.5, 0.6) is 0 Å². The van der Waals surface area contributed by atoms with E-state index in [-0.39, 0.29) is 31.2 Å². The molecule has 0 aromatic heterocycles. The molecule has 7 rings (SSSR count). The first-order valence-corrected chi connectivity index (χ1v) is 20.8. The molecular formula is C40H42N4O8Si. The Labute approximate surface area is 308 Å². The SMILES string of the molecule is C[C@H]1[C@H]([Si](C)(C)O)[C@@H](CC(=O)N2Cc3ccccc3C[C@H]2CO)O[C@]12C(=O)N(Cc1cccc(N(C=O)c3ccccc3)c1)c1ccc([N+](=O)[O-])cc12. The minimum Gasteiger partial charge on any atom is -0.432 e. The monoisotopic (exact) mass is 734 g/mol. The second-order valence-corrected chi connectivity index (χ2v) is 18.7. The number of fused-ring (bicyclic) bond motifs is 3. The molecule has 1 fully saturated rings. The van der Waals surface area contributed by atoms with Crippen LogP contribution in [-0.4, -0.2) is 65.0 Å². The van der Waals surface area contributed by atoms with E-state index in [1.54, 1.807) is 41.1 Å². The van der Waals surface area contributed by atoms with Crippen molar-refractivity contribution in [2.45, 2.75) is 69.2 Å². The minimum atomic E-state index is -3.17. The molecule has 13 heteroatoms. The van der Waals surface area contributed by atoms with Gasteiger partial charge in [0.2, 0.25) is 12.3 Å². The molecule has 1 saturated heterocycles. The van der Waals surface area contributed by atoms with Gasteiger partial charge in [0.25, 0.3) is 11.6 Å². The van der Waals surface area contributed by atoms with Crippen molar-refractivity contribution in [3.05, 3.63) is 129 Å². The number of non-ortho nitro benzene ring substituents is 1. The molecule has 1 spiro atoms. The summed E-state index contributed by atoms with van der Waals surface area (Å²) in [5.41, 5.74) is 2.25. The summed E-state index contributed by atoms with van der Waals surface area (Å²) in [5.74, 6) is -1.37. The van der Waals surface area contributed by atoms with E-state index in [1.165, 1.54) is 17.0 Å². The van der Waals surface area contributed by atoms with E-state index in [2.05, 4.69) is 0 Å². The molecule has 0 unspecified atom stereocenters. The predicted molar refractivity (Wildman–Crippen MR) is 201 cm³/mol. The number of carbonyl (C=O) groups is 3. The highest BCUT2D eigenvalue weighted by molar-refractivity contribution is 6.71. The van der Waals surface area contributed by atoms with Crippen LogP contribution < -0.4 is 9.80 Å². The predicted octanol–water partition coefficient (Wildman–Crippen LogP) is 5.57. The lowest BCUT2D eigenvalue weighted by atomic mass is 9.82. The van der Waals surface area contributed by atoms with Gasteiger partial charge >= 0.3 is 0 Å². The Morgan fingerprint density at radius 1 is 1.02 bits per heavy atom. The lowest BCUT2D eigenvalue weighted by Crippen LogP contribution is -2.48. The van der Waals surface area contributed by atoms with Crippen molar-refractivity contribution >= 4 is 49.3 Å². The summed E-state index contributed by atoms with van der Waals surface area (Å²) in [7, 11) is -3.17. The highest BCUT2D eigenvalue weighted by Crippen LogP contribution is 2.60. The average Bonchev–Trinajstić information content (AvgIpc) is 3.57. The molecule has 4 aromatic rings. The lowest BCUT2D eigenvalue weighted by molar-refractivity contribution is -0.385. The second kappa shape index (κ2) is 14.0. The van der Waals surface area contributed by atoms with Crippen LogP contribution in [0.2, 0.25) is 18.6 Å². The number of ether oxygens (including phenoxy) is 1. The summed E-state index contributed by atoms with van der Waals surface area (Å²) in [6, 6.07) is 28.0. The fourth-order valence-electron chi connectivity index (χ4n) is 8.71. The minimum absolute atomic E-state index is 0.0659. The van der Waals surface area contributed by atoms with Crippen molar-refractivity contribution < 1.29 is 33.9 Å². The van der Waals surface area contributed by atoms with Gasteiger partial charge in [-0.1, -0.05) is 61.5 Å². The van der Waals surface area contributed by atoms with Gasteiger partial charge in [0.1, 0.15) is 0 Å². The molecule has 12 nitrogen and oxygen atoms in total. The molecule has 3 amide bonds. The summed E-state index contributed by atoms with van der Waals surface area (Å²) in [5, 5.41) is 22.4. The molecule has 5 atom stereocenters. The van der Waals surface area contributed by atoms with Gasteiger partial charge in [-0.3, -0.25) is 29.4 Å². The molecular weight excluding hydrogens is 693 g/mol. The Balaban J connectivity index is 1.25. The molecule has 0 radical (unpaired) electrons. The number of para-hydroxylation sites is 1. The third kappa shape index (κ3) is 6.33. The maximum Gasteiger partial charge on any atom is 0.269 e. The van der Waals surface area contributed by atoms with Crippen LogP contribution in [0.3, 0.4) is 0 Å². The molecule has 3 aliphatic heterocycles. The zero-order valence-electron chi connectivity index (χ0n) is 29.8. The van der Waals surface area contributed by atoms with E-state index in [4.69, 9.17) is 4.74 Å². The Morgan fingerprint density at radius 3 is 2.40 bits per heavy atom. The summed E-state index contributed by atoms with van der Waals surface area (Å²) in [6.07, 6.45) is 0.190. The zero-order chi connectivity index (χ0) is 37.7. The quantitative estimate of drug-likeness (QED) is 0.0929. The highest BCUT2D eigenvalue weighted by Gasteiger charge is 2.66. The fraction of sp³-hybridized carbons (Fsp3) is 0.325. The van der Waals surface area contributed by atoms with E-state index in [0.29, 0.717) is 41.2 Å². The van der Waals surface area contributed by atoms with Crippen molar-refractivity contribution in [2.24, 2.45) is 5.92 Å². The van der Waals surface area contributed by atoms with Crippen molar-refractivity contribution in [3.63, 3.8) is 0 Å². The summed E-state index contributed by atoms with van der Waals surface area (Å²) in [6.45, 7) is 5.48. The van der Waals surface area contributed by atoms with Crippen molar-refractivity contribution in [1.82, 2.24) is 4.90 Å². The third-order valence-electron chi connectivity index (χ3n) is 11.1. The highest BCUT2D eigenvalue weighted by atomic mass is 28.4. The maximum atomic E-state index is 15.0. The zero-order valence-corrected chi connectivity index (χ0v) is 30.8. The molecule has 0 aliphatic carbocycles. The van der Waals surface area contributed by atoms with Gasteiger partial charge in [0, 0.05) is 47.1 Å². The van der Waals surface area contributed by atoms with Gasteiger partial charge in [-0.15, -0.1) is 0 Å². The van der Waals surface area contributed by atoms with E-state index in [1.807, 2.05) is 73.7 Å². The normalized spacial score (nSPS) is 23.5. The molecule has 2 N–H and O–H groups in total. The molecule has 3 heterocycles. The van der Waals surface area contributed by atoms with E-state index in [9.17, 15) is 34.4 Å². The van der Waals surface area contributed by atoms with Gasteiger partial charge < -0.3 is 24.4 Å². The number of rotatable bonds is 10. The van der Waals surface area contributed by atoms with Gasteiger partial charge in [-0.05, 0) is 66.5 Å². The summed E-state index contributed by atoms with van der Waals surface area (Å²) >= 11 is 0. The van der Waals surface area contributed by atoms with Crippen LogP contribution in [0, 0.1) is 16.0 Å². The number of carbonyl (C=O) groups excluding carboxylic acids is 3. The third-order valence-corrected chi connectivity index (χ3v) is 13.6. The molecule has 3 aliphatic rings. The van der Waals surface area contributed by atoms with Crippen LogP contribution in [0.4, 0.5) is 22.7 Å². The van der Waals surface area contributed by atoms with Gasteiger partial charge in [0.05, 0.1) is 42.3 Å². The fourth-order valence-corrected chi connectivity index (χ4v) is 11.3. The number of hydrogen-bond donors (Lipinski definition) is 2. The number of nitrogens with zero attached hydrogens (tertiary/aromatic N) is 4. The topological polar surface area (TPSA) is 154 Å². The van der Waals surface area contributed by atoms with Gasteiger partial charge in [-0.25, -0.2) is 0 Å².